The molecule has 0 unspecified atom stereocenters. The van der Waals surface area contributed by atoms with Gasteiger partial charge in [0.05, 0.1) is 15.7 Å². The van der Waals surface area contributed by atoms with Crippen molar-refractivity contribution in [3.63, 3.8) is 0 Å². The van der Waals surface area contributed by atoms with Gasteiger partial charge in [0.1, 0.15) is 5.82 Å². The van der Waals surface area contributed by atoms with E-state index >= 15 is 0 Å². The molecule has 0 spiro atoms. The van der Waals surface area contributed by atoms with Gasteiger partial charge < -0.3 is 10.3 Å². The zero-order valence-corrected chi connectivity index (χ0v) is 11.1. The largest absolute Gasteiger partial charge is 0.307 e. The number of benzene rings is 1. The van der Waals surface area contributed by atoms with E-state index in [0.717, 1.165) is 6.07 Å². The van der Waals surface area contributed by atoms with E-state index in [1.54, 1.807) is 0 Å². The molecule has 0 saturated carbocycles. The lowest BCUT2D eigenvalue weighted by molar-refractivity contribution is 0.504. The zero-order chi connectivity index (χ0) is 13.6. The number of aromatic amines is 1. The lowest BCUT2D eigenvalue weighted by atomic mass is 10.2. The molecular weight excluding hydrogens is 320 g/mol. The molecule has 0 radical (unpaired) electrons. The van der Waals surface area contributed by atoms with Crippen LogP contribution in [0.25, 0.3) is 11.4 Å². The third-order valence-corrected chi connectivity index (χ3v) is 3.76. The van der Waals surface area contributed by atoms with E-state index in [1.165, 1.54) is 6.07 Å². The van der Waals surface area contributed by atoms with Gasteiger partial charge in [-0.25, -0.2) is 13.8 Å². The Labute approximate surface area is 115 Å². The fourth-order valence-corrected chi connectivity index (χ4v) is 2.52. The smallest absolute Gasteiger partial charge is 0.255 e. The molecule has 2 N–H and O–H groups in total. The van der Waals surface area contributed by atoms with Gasteiger partial charge in [-0.3, -0.25) is 4.79 Å². The van der Waals surface area contributed by atoms with Crippen LogP contribution in [0.3, 0.4) is 0 Å². The van der Waals surface area contributed by atoms with Crippen LogP contribution in [-0.4, -0.2) is 9.97 Å². The maximum absolute atomic E-state index is 13.5. The van der Waals surface area contributed by atoms with Crippen LogP contribution >= 0.6 is 15.9 Å². The van der Waals surface area contributed by atoms with Gasteiger partial charge in [0.25, 0.3) is 5.56 Å². The van der Waals surface area contributed by atoms with Crippen molar-refractivity contribution in [1.29, 1.82) is 0 Å². The highest BCUT2D eigenvalue weighted by Crippen LogP contribution is 2.29. The minimum absolute atomic E-state index is 0.0541. The molecule has 1 aliphatic rings. The van der Waals surface area contributed by atoms with E-state index in [9.17, 15) is 13.6 Å². The van der Waals surface area contributed by atoms with Gasteiger partial charge in [0.2, 0.25) is 0 Å². The highest BCUT2D eigenvalue weighted by Gasteiger charge is 2.19. The summed E-state index contributed by atoms with van der Waals surface area (Å²) >= 11 is 2.98. The molecule has 1 aliphatic heterocycles. The van der Waals surface area contributed by atoms with Crippen molar-refractivity contribution in [2.75, 3.05) is 0 Å². The van der Waals surface area contributed by atoms with Crippen molar-refractivity contribution in [1.82, 2.24) is 15.3 Å². The number of nitrogens with zero attached hydrogens (tertiary/aromatic N) is 1. The van der Waals surface area contributed by atoms with E-state index in [1.807, 2.05) is 0 Å². The Morgan fingerprint density at radius 3 is 2.84 bits per heavy atom. The van der Waals surface area contributed by atoms with Crippen LogP contribution in [0.4, 0.5) is 8.78 Å². The number of halogens is 3. The van der Waals surface area contributed by atoms with Crippen molar-refractivity contribution < 1.29 is 8.78 Å². The summed E-state index contributed by atoms with van der Waals surface area (Å²) in [4.78, 5) is 18.7. The maximum atomic E-state index is 13.5. The van der Waals surface area contributed by atoms with Crippen LogP contribution in [0.5, 0.6) is 0 Å². The van der Waals surface area contributed by atoms with E-state index in [4.69, 9.17) is 0 Å². The predicted molar refractivity (Wildman–Crippen MR) is 68.5 cm³/mol. The average molecular weight is 328 g/mol. The normalized spacial score (nSPS) is 13.6. The number of rotatable bonds is 1. The number of H-pyrrole nitrogens is 1. The monoisotopic (exact) mass is 327 g/mol. The first-order valence-electron chi connectivity index (χ1n) is 5.54. The Bertz CT molecular complexity index is 730. The molecule has 2 aromatic rings. The Morgan fingerprint density at radius 1 is 1.26 bits per heavy atom. The SMILES string of the molecule is O=c1[nH]c(-c2ccc(F)c(F)c2Br)nc2c1CNC2. The van der Waals surface area contributed by atoms with Crippen LogP contribution in [0, 0.1) is 11.6 Å². The van der Waals surface area contributed by atoms with Gasteiger partial charge in [0.15, 0.2) is 11.6 Å². The molecule has 7 heteroatoms. The maximum Gasteiger partial charge on any atom is 0.255 e. The quantitative estimate of drug-likeness (QED) is 0.788. The molecule has 3 rings (SSSR count). The van der Waals surface area contributed by atoms with E-state index in [-0.39, 0.29) is 15.9 Å². The van der Waals surface area contributed by atoms with Crippen LogP contribution in [0.2, 0.25) is 0 Å². The van der Waals surface area contributed by atoms with Crippen LogP contribution < -0.4 is 10.9 Å². The molecule has 0 fully saturated rings. The Morgan fingerprint density at radius 2 is 2.05 bits per heavy atom. The van der Waals surface area contributed by atoms with Crippen molar-refractivity contribution in [3.8, 4) is 11.4 Å². The molecule has 4 nitrogen and oxygen atoms in total. The molecular formula is C12H8BrF2N3O. The number of hydrogen-bond acceptors (Lipinski definition) is 3. The van der Waals surface area contributed by atoms with E-state index < -0.39 is 11.6 Å². The molecule has 0 amide bonds. The highest BCUT2D eigenvalue weighted by molar-refractivity contribution is 9.10. The Kier molecular flexibility index (Phi) is 2.94. The van der Waals surface area contributed by atoms with E-state index in [2.05, 4.69) is 31.2 Å². The third-order valence-electron chi connectivity index (χ3n) is 2.99. The summed E-state index contributed by atoms with van der Waals surface area (Å²) in [7, 11) is 0. The van der Waals surface area contributed by atoms with Crippen molar-refractivity contribution in [2.24, 2.45) is 0 Å². The first-order valence-corrected chi connectivity index (χ1v) is 6.34. The molecule has 1 aromatic heterocycles. The topological polar surface area (TPSA) is 57.8 Å². The summed E-state index contributed by atoms with van der Waals surface area (Å²) in [5.74, 6) is -1.74. The lowest BCUT2D eigenvalue weighted by Gasteiger charge is -2.07. The van der Waals surface area contributed by atoms with Gasteiger partial charge in [-0.2, -0.15) is 0 Å². The number of hydrogen-bond donors (Lipinski definition) is 2. The van der Waals surface area contributed by atoms with Crippen LogP contribution in [-0.2, 0) is 13.1 Å². The molecule has 98 valence electrons. The first-order chi connectivity index (χ1) is 9.08. The fraction of sp³-hybridized carbons (Fsp3) is 0.167. The Balaban J connectivity index is 2.21. The molecule has 0 saturated heterocycles. The molecule has 19 heavy (non-hydrogen) atoms. The van der Waals surface area contributed by atoms with Gasteiger partial charge in [0, 0.05) is 18.7 Å². The molecule has 0 bridgehead atoms. The summed E-state index contributed by atoms with van der Waals surface area (Å²) in [5.41, 5.74) is 1.27. The summed E-state index contributed by atoms with van der Waals surface area (Å²) in [5, 5.41) is 3.01. The highest BCUT2D eigenvalue weighted by atomic mass is 79.9. The zero-order valence-electron chi connectivity index (χ0n) is 9.56. The van der Waals surface area contributed by atoms with Gasteiger partial charge >= 0.3 is 0 Å². The van der Waals surface area contributed by atoms with Crippen molar-refractivity contribution in [2.45, 2.75) is 13.1 Å². The summed E-state index contributed by atoms with van der Waals surface area (Å²) in [6.45, 7) is 0.963. The van der Waals surface area contributed by atoms with E-state index in [0.29, 0.717) is 29.9 Å². The van der Waals surface area contributed by atoms with Crippen LogP contribution in [0.15, 0.2) is 21.4 Å². The molecule has 0 aliphatic carbocycles. The summed E-state index contributed by atoms with van der Waals surface area (Å²) in [6, 6.07) is 2.37. The predicted octanol–water partition coefficient (Wildman–Crippen LogP) is 2.08. The number of aromatic nitrogens is 2. The summed E-state index contributed by atoms with van der Waals surface area (Å²) in [6.07, 6.45) is 0. The van der Waals surface area contributed by atoms with Crippen molar-refractivity contribution in [3.05, 3.63) is 49.9 Å². The second kappa shape index (κ2) is 4.50. The number of fused-ring (bicyclic) bond motifs is 1. The second-order valence-corrected chi connectivity index (χ2v) is 4.96. The minimum Gasteiger partial charge on any atom is -0.307 e. The van der Waals surface area contributed by atoms with Gasteiger partial charge in [-0.1, -0.05) is 0 Å². The molecule has 1 aromatic carbocycles. The molecule has 2 heterocycles. The first kappa shape index (κ1) is 12.4. The Hall–Kier alpha value is -1.60. The van der Waals surface area contributed by atoms with Gasteiger partial charge in [-0.05, 0) is 28.1 Å². The molecule has 0 atom stereocenters. The number of nitrogens with one attached hydrogen (secondary N) is 2. The standard InChI is InChI=1S/C12H8BrF2N3O/c13-9-5(1-2-7(14)10(9)15)11-17-8-4-16-3-6(8)12(19)18-11/h1-2,16H,3-4H2,(H,17,18,19). The van der Waals surface area contributed by atoms with Crippen LogP contribution in [0.1, 0.15) is 11.3 Å². The van der Waals surface area contributed by atoms with Crippen molar-refractivity contribution >= 4 is 15.9 Å². The fourth-order valence-electron chi connectivity index (χ4n) is 2.02. The van der Waals surface area contributed by atoms with Gasteiger partial charge in [-0.15, -0.1) is 0 Å². The second-order valence-electron chi connectivity index (χ2n) is 4.17. The lowest BCUT2D eigenvalue weighted by Crippen LogP contribution is -2.16. The summed E-state index contributed by atoms with van der Waals surface area (Å²) < 4.78 is 26.5. The average Bonchev–Trinajstić information content (AvgIpc) is 2.85. The minimum atomic E-state index is -1.00. The third kappa shape index (κ3) is 1.98.